The molecule has 1 aromatic rings. The highest BCUT2D eigenvalue weighted by Gasteiger charge is 2.35. The van der Waals surface area contributed by atoms with Crippen LogP contribution in [0.1, 0.15) is 24.3 Å². The van der Waals surface area contributed by atoms with Crippen molar-refractivity contribution in [3.63, 3.8) is 0 Å². The van der Waals surface area contributed by atoms with Gasteiger partial charge < -0.3 is 19.7 Å². The van der Waals surface area contributed by atoms with Crippen molar-refractivity contribution < 1.29 is 19.7 Å². The van der Waals surface area contributed by atoms with E-state index in [1.807, 2.05) is 0 Å². The van der Waals surface area contributed by atoms with E-state index < -0.39 is 35.8 Å². The number of aliphatic hydroxyl groups is 2. The maximum absolute atomic E-state index is 12.0. The van der Waals surface area contributed by atoms with Crippen LogP contribution in [0, 0.1) is 0 Å². The number of nitrogens with zero attached hydrogens (tertiary/aromatic N) is 1. The van der Waals surface area contributed by atoms with Crippen LogP contribution in [0.4, 0.5) is 0 Å². The summed E-state index contributed by atoms with van der Waals surface area (Å²) in [5.74, 6) is 0.292. The van der Waals surface area contributed by atoms with Crippen molar-refractivity contribution in [3.8, 4) is 0 Å². The standard InChI is InChI=1S/C13H18ClIN2O6/c14-1-2-22-9(4-15)7-5-17(13(21)16-12(7)20)11-3-8(19)10(6-18)23-11/h5,8-11,18-19H,1-4,6H2,(H,16,20,21)/t8-,9?,10+,11+/m0/s1. The Morgan fingerprint density at radius 2 is 2.30 bits per heavy atom. The largest absolute Gasteiger partial charge is 0.394 e. The lowest BCUT2D eigenvalue weighted by atomic mass is 10.2. The van der Waals surface area contributed by atoms with E-state index in [0.29, 0.717) is 10.3 Å². The molecule has 0 radical (unpaired) electrons. The van der Waals surface area contributed by atoms with Gasteiger partial charge in [-0.15, -0.1) is 11.6 Å². The van der Waals surface area contributed by atoms with E-state index >= 15 is 0 Å². The van der Waals surface area contributed by atoms with Crippen LogP contribution in [0.15, 0.2) is 15.8 Å². The minimum atomic E-state index is -0.875. The molecule has 1 saturated heterocycles. The second-order valence-electron chi connectivity index (χ2n) is 5.07. The van der Waals surface area contributed by atoms with Gasteiger partial charge in [-0.3, -0.25) is 14.3 Å². The van der Waals surface area contributed by atoms with E-state index in [4.69, 9.17) is 26.2 Å². The number of rotatable bonds is 7. The number of nitrogens with one attached hydrogen (secondary N) is 1. The Morgan fingerprint density at radius 1 is 1.57 bits per heavy atom. The molecule has 2 heterocycles. The molecule has 0 bridgehead atoms. The molecule has 1 aliphatic rings. The quantitative estimate of drug-likeness (QED) is 0.387. The number of ether oxygens (including phenoxy) is 2. The molecule has 0 spiro atoms. The molecule has 10 heteroatoms. The van der Waals surface area contributed by atoms with Crippen molar-refractivity contribution in [2.24, 2.45) is 0 Å². The number of aliphatic hydroxyl groups excluding tert-OH is 2. The Bertz CT molecular complexity index is 636. The average Bonchev–Trinajstić information content (AvgIpc) is 2.90. The van der Waals surface area contributed by atoms with Gasteiger partial charge in [-0.25, -0.2) is 4.79 Å². The van der Waals surface area contributed by atoms with Crippen LogP contribution in [0.5, 0.6) is 0 Å². The highest BCUT2D eigenvalue weighted by Crippen LogP contribution is 2.28. The summed E-state index contributed by atoms with van der Waals surface area (Å²) in [6.45, 7) is -0.0726. The van der Waals surface area contributed by atoms with Gasteiger partial charge in [0.25, 0.3) is 5.56 Å². The Kier molecular flexibility index (Phi) is 7.04. The van der Waals surface area contributed by atoms with E-state index in [-0.39, 0.29) is 25.2 Å². The number of hydrogen-bond acceptors (Lipinski definition) is 6. The zero-order valence-corrected chi connectivity index (χ0v) is 15.1. The predicted octanol–water partition coefficient (Wildman–Crippen LogP) is -0.0912. The fourth-order valence-corrected chi connectivity index (χ4v) is 3.22. The zero-order chi connectivity index (χ0) is 17.0. The third kappa shape index (κ3) is 4.34. The van der Waals surface area contributed by atoms with E-state index in [2.05, 4.69) is 27.6 Å². The second kappa shape index (κ2) is 8.58. The molecular weight excluding hydrogens is 443 g/mol. The van der Waals surface area contributed by atoms with Crippen LogP contribution < -0.4 is 11.2 Å². The lowest BCUT2D eigenvalue weighted by molar-refractivity contribution is -0.0462. The van der Waals surface area contributed by atoms with Crippen molar-refractivity contribution >= 4 is 34.2 Å². The highest BCUT2D eigenvalue weighted by atomic mass is 127. The average molecular weight is 461 g/mol. The van der Waals surface area contributed by atoms with Gasteiger partial charge in [0.15, 0.2) is 0 Å². The van der Waals surface area contributed by atoms with Crippen LogP contribution in [0.2, 0.25) is 0 Å². The first-order valence-electron chi connectivity index (χ1n) is 7.05. The van der Waals surface area contributed by atoms with Crippen molar-refractivity contribution in [1.29, 1.82) is 0 Å². The Hall–Kier alpha value is -0.460. The topological polar surface area (TPSA) is 114 Å². The van der Waals surface area contributed by atoms with Gasteiger partial charge in [-0.05, 0) is 0 Å². The number of aromatic nitrogens is 2. The molecular formula is C13H18ClIN2O6. The van der Waals surface area contributed by atoms with E-state index in [9.17, 15) is 14.7 Å². The first-order chi connectivity index (χ1) is 11.0. The van der Waals surface area contributed by atoms with E-state index in [1.54, 1.807) is 0 Å². The van der Waals surface area contributed by atoms with Gasteiger partial charge in [-0.2, -0.15) is 0 Å². The molecule has 0 amide bonds. The van der Waals surface area contributed by atoms with Gasteiger partial charge in [0.1, 0.15) is 12.3 Å². The predicted molar refractivity (Wildman–Crippen MR) is 91.2 cm³/mol. The fraction of sp³-hybridized carbons (Fsp3) is 0.692. The summed E-state index contributed by atoms with van der Waals surface area (Å²) in [6.07, 6.45) is -1.36. The second-order valence-corrected chi connectivity index (χ2v) is 6.33. The van der Waals surface area contributed by atoms with Gasteiger partial charge in [-0.1, -0.05) is 22.6 Å². The molecule has 1 unspecified atom stereocenters. The molecule has 1 aromatic heterocycles. The number of aromatic amines is 1. The first kappa shape index (κ1) is 18.9. The summed E-state index contributed by atoms with van der Waals surface area (Å²) < 4.78 is 12.7. The van der Waals surface area contributed by atoms with Crippen LogP contribution in [0.3, 0.4) is 0 Å². The summed E-state index contributed by atoms with van der Waals surface area (Å²) in [6, 6.07) is 0. The number of hydrogen-bond donors (Lipinski definition) is 3. The smallest absolute Gasteiger partial charge is 0.330 e. The third-order valence-corrected chi connectivity index (χ3v) is 4.53. The van der Waals surface area contributed by atoms with Gasteiger partial charge in [0, 0.05) is 22.9 Å². The van der Waals surface area contributed by atoms with E-state index in [1.165, 1.54) is 10.8 Å². The summed E-state index contributed by atoms with van der Waals surface area (Å²) in [4.78, 5) is 26.3. The van der Waals surface area contributed by atoms with Crippen molar-refractivity contribution in [1.82, 2.24) is 9.55 Å². The number of halogens is 2. The molecule has 8 nitrogen and oxygen atoms in total. The molecule has 23 heavy (non-hydrogen) atoms. The van der Waals surface area contributed by atoms with Crippen LogP contribution in [-0.2, 0) is 9.47 Å². The molecule has 0 saturated carbocycles. The lowest BCUT2D eigenvalue weighted by Gasteiger charge is -2.18. The lowest BCUT2D eigenvalue weighted by Crippen LogP contribution is -2.35. The monoisotopic (exact) mass is 460 g/mol. The maximum Gasteiger partial charge on any atom is 0.330 e. The van der Waals surface area contributed by atoms with Gasteiger partial charge in [0.05, 0.1) is 31.0 Å². The first-order valence-corrected chi connectivity index (χ1v) is 9.11. The van der Waals surface area contributed by atoms with Crippen LogP contribution in [-0.4, -0.2) is 55.5 Å². The SMILES string of the molecule is O=c1[nH]c(=O)n([C@H]2C[C@H](O)[C@@H](CO)O2)cc1C(CI)OCCCl. The molecule has 1 aliphatic heterocycles. The highest BCUT2D eigenvalue weighted by molar-refractivity contribution is 14.1. The molecule has 130 valence electrons. The summed E-state index contributed by atoms with van der Waals surface area (Å²) >= 11 is 7.68. The Balaban J connectivity index is 2.33. The Morgan fingerprint density at radius 3 is 2.87 bits per heavy atom. The molecule has 2 rings (SSSR count). The van der Waals surface area contributed by atoms with Crippen LogP contribution >= 0.6 is 34.2 Å². The molecule has 3 N–H and O–H groups in total. The Labute approximate surface area is 150 Å². The third-order valence-electron chi connectivity index (χ3n) is 3.57. The zero-order valence-electron chi connectivity index (χ0n) is 12.2. The maximum atomic E-state index is 12.0. The van der Waals surface area contributed by atoms with Crippen LogP contribution in [0.25, 0.3) is 0 Å². The molecule has 4 atom stereocenters. The number of alkyl halides is 2. The van der Waals surface area contributed by atoms with Crippen molar-refractivity contribution in [2.75, 3.05) is 23.5 Å². The van der Waals surface area contributed by atoms with Crippen molar-refractivity contribution in [2.45, 2.75) is 31.0 Å². The molecule has 0 aliphatic carbocycles. The normalized spacial score (nSPS) is 25.7. The fourth-order valence-electron chi connectivity index (χ4n) is 2.40. The number of H-pyrrole nitrogens is 1. The summed E-state index contributed by atoms with van der Waals surface area (Å²) in [7, 11) is 0. The molecule has 1 fully saturated rings. The van der Waals surface area contributed by atoms with Crippen molar-refractivity contribution in [3.05, 3.63) is 32.6 Å². The van der Waals surface area contributed by atoms with Gasteiger partial charge >= 0.3 is 5.69 Å². The molecule has 0 aromatic carbocycles. The minimum Gasteiger partial charge on any atom is -0.394 e. The van der Waals surface area contributed by atoms with Gasteiger partial charge in [0.2, 0.25) is 0 Å². The minimum absolute atomic E-state index is 0.147. The van der Waals surface area contributed by atoms with E-state index in [0.717, 1.165) is 0 Å². The summed E-state index contributed by atoms with van der Waals surface area (Å²) in [5.41, 5.74) is -0.881. The summed E-state index contributed by atoms with van der Waals surface area (Å²) in [5, 5.41) is 18.9.